The van der Waals surface area contributed by atoms with Crippen LogP contribution >= 0.6 is 0 Å². The summed E-state index contributed by atoms with van der Waals surface area (Å²) in [5, 5.41) is 30.6. The van der Waals surface area contributed by atoms with Gasteiger partial charge in [0.1, 0.15) is 17.3 Å². The molecule has 1 aliphatic rings. The van der Waals surface area contributed by atoms with Crippen molar-refractivity contribution in [2.75, 3.05) is 6.54 Å². The van der Waals surface area contributed by atoms with Crippen LogP contribution in [-0.4, -0.2) is 54.8 Å². The minimum atomic E-state index is -1.93. The first-order valence-corrected chi connectivity index (χ1v) is 12.0. The molecule has 0 spiro atoms. The van der Waals surface area contributed by atoms with Gasteiger partial charge in [0.25, 0.3) is 0 Å². The van der Waals surface area contributed by atoms with Gasteiger partial charge in [0.05, 0.1) is 12.3 Å². The molecule has 0 bridgehead atoms. The summed E-state index contributed by atoms with van der Waals surface area (Å²) in [6, 6.07) is 19.5. The maximum Gasteiger partial charge on any atom is 0.362 e. The molecule has 9 heteroatoms. The van der Waals surface area contributed by atoms with Crippen LogP contribution in [0.2, 0.25) is 0 Å². The van der Waals surface area contributed by atoms with E-state index in [0.717, 1.165) is 10.4 Å². The topological polar surface area (TPSA) is 91.5 Å². The fourth-order valence-electron chi connectivity index (χ4n) is 4.82. The molecule has 1 fully saturated rings. The summed E-state index contributed by atoms with van der Waals surface area (Å²) in [6.45, 7) is 0.132. The van der Waals surface area contributed by atoms with Crippen molar-refractivity contribution in [2.24, 2.45) is 0 Å². The number of hydrogen-bond donors (Lipinski definition) is 2. The number of hydrogen-bond acceptors (Lipinski definition) is 5. The number of amides is 1. The van der Waals surface area contributed by atoms with Crippen molar-refractivity contribution in [3.63, 3.8) is 0 Å². The van der Waals surface area contributed by atoms with Crippen LogP contribution < -0.4 is 0 Å². The third kappa shape index (κ3) is 5.00. The maximum atomic E-state index is 13.6. The molecule has 2 atom stereocenters. The molecule has 1 aliphatic heterocycles. The summed E-state index contributed by atoms with van der Waals surface area (Å²) in [4.78, 5) is 16.0. The zero-order valence-corrected chi connectivity index (χ0v) is 19.9. The molecule has 1 amide bonds. The third-order valence-corrected chi connectivity index (χ3v) is 6.80. The molecular formula is C28H26F2N4O3. The first-order chi connectivity index (χ1) is 17.8. The Morgan fingerprint density at radius 1 is 0.919 bits per heavy atom. The molecule has 37 heavy (non-hydrogen) atoms. The van der Waals surface area contributed by atoms with Gasteiger partial charge in [-0.3, -0.25) is 0 Å². The highest BCUT2D eigenvalue weighted by molar-refractivity contribution is 5.75. The maximum absolute atomic E-state index is 13.6. The molecule has 4 aromatic rings. The van der Waals surface area contributed by atoms with Gasteiger partial charge in [-0.25, -0.2) is 13.6 Å². The highest BCUT2D eigenvalue weighted by atomic mass is 19.1. The van der Waals surface area contributed by atoms with Crippen molar-refractivity contribution in [1.82, 2.24) is 19.9 Å². The molecule has 0 radical (unpaired) electrons. The number of aliphatic hydroxyl groups is 2. The Hall–Kier alpha value is -3.95. The molecular weight excluding hydrogens is 478 g/mol. The standard InChI is InChI=1S/C28H26F2N4O3/c29-22-10-6-20(7-11-22)28(37,21-8-12-23(30)13-9-21)26-17-31-34(32-26)27(36)33-18-25(35)15-14-24(33)16-19-4-2-1-3-5-19/h1-13,17,24-25,35,37H,14-16,18H2/t24-,25+/m1/s1. The largest absolute Gasteiger partial charge is 0.391 e. The number of rotatable bonds is 5. The zero-order chi connectivity index (χ0) is 26.0. The van der Waals surface area contributed by atoms with Crippen LogP contribution in [0.25, 0.3) is 0 Å². The van der Waals surface area contributed by atoms with E-state index in [0.29, 0.717) is 19.3 Å². The van der Waals surface area contributed by atoms with Crippen molar-refractivity contribution in [1.29, 1.82) is 0 Å². The highest BCUT2D eigenvalue weighted by Crippen LogP contribution is 2.35. The van der Waals surface area contributed by atoms with Crippen LogP contribution in [-0.2, 0) is 12.0 Å². The van der Waals surface area contributed by atoms with E-state index in [1.807, 2.05) is 30.3 Å². The molecule has 0 unspecified atom stereocenters. The van der Waals surface area contributed by atoms with E-state index < -0.39 is 29.4 Å². The molecule has 0 saturated carbocycles. The predicted molar refractivity (Wildman–Crippen MR) is 132 cm³/mol. The van der Waals surface area contributed by atoms with E-state index in [1.54, 1.807) is 4.90 Å². The number of benzene rings is 3. The second kappa shape index (κ2) is 10.2. The highest BCUT2D eigenvalue weighted by Gasteiger charge is 2.39. The molecule has 7 nitrogen and oxygen atoms in total. The fraction of sp³-hybridized carbons (Fsp3) is 0.250. The number of halogens is 2. The predicted octanol–water partition coefficient (Wildman–Crippen LogP) is 3.88. The number of carbonyl (C=O) groups excluding carboxylic acids is 1. The SMILES string of the molecule is O=C(N1C[C@@H](O)CC[C@@H]1Cc1ccccc1)n1ncc(C(O)(c2ccc(F)cc2)c2ccc(F)cc2)n1. The monoisotopic (exact) mass is 504 g/mol. The van der Waals surface area contributed by atoms with Gasteiger partial charge in [-0.15, -0.1) is 5.10 Å². The van der Waals surface area contributed by atoms with E-state index >= 15 is 0 Å². The lowest BCUT2D eigenvalue weighted by molar-refractivity contribution is 0.0530. The Kier molecular flexibility index (Phi) is 6.82. The number of carbonyl (C=O) groups is 1. The molecule has 1 saturated heterocycles. The quantitative estimate of drug-likeness (QED) is 0.431. The number of aromatic nitrogens is 3. The first-order valence-electron chi connectivity index (χ1n) is 12.0. The minimum absolute atomic E-state index is 0.0104. The fourth-order valence-corrected chi connectivity index (χ4v) is 4.82. The average molecular weight is 505 g/mol. The second-order valence-electron chi connectivity index (χ2n) is 9.25. The average Bonchev–Trinajstić information content (AvgIpc) is 3.41. The first kappa shape index (κ1) is 24.7. The van der Waals surface area contributed by atoms with Crippen LogP contribution in [0.3, 0.4) is 0 Å². The Morgan fingerprint density at radius 2 is 1.51 bits per heavy atom. The van der Waals surface area contributed by atoms with E-state index in [2.05, 4.69) is 10.2 Å². The van der Waals surface area contributed by atoms with Gasteiger partial charge in [-0.2, -0.15) is 5.10 Å². The van der Waals surface area contributed by atoms with E-state index in [-0.39, 0.29) is 29.4 Å². The van der Waals surface area contributed by atoms with Gasteiger partial charge < -0.3 is 15.1 Å². The lowest BCUT2D eigenvalue weighted by Crippen LogP contribution is -2.51. The van der Waals surface area contributed by atoms with E-state index in [1.165, 1.54) is 54.7 Å². The molecule has 0 aliphatic carbocycles. The lowest BCUT2D eigenvalue weighted by Gasteiger charge is -2.37. The van der Waals surface area contributed by atoms with Crippen molar-refractivity contribution < 1.29 is 23.8 Å². The van der Waals surface area contributed by atoms with Crippen LogP contribution in [0, 0.1) is 11.6 Å². The van der Waals surface area contributed by atoms with Gasteiger partial charge in [0, 0.05) is 12.6 Å². The van der Waals surface area contributed by atoms with Crippen LogP contribution in [0.4, 0.5) is 13.6 Å². The molecule has 1 aromatic heterocycles. The van der Waals surface area contributed by atoms with Crippen LogP contribution in [0.1, 0.15) is 35.2 Å². The summed E-state index contributed by atoms with van der Waals surface area (Å²) < 4.78 is 27.3. The van der Waals surface area contributed by atoms with Crippen LogP contribution in [0.5, 0.6) is 0 Å². The zero-order valence-electron chi connectivity index (χ0n) is 19.9. The van der Waals surface area contributed by atoms with Crippen molar-refractivity contribution >= 4 is 6.03 Å². The Balaban J connectivity index is 1.49. The number of piperidine rings is 1. The number of likely N-dealkylation sites (tertiary alicyclic amines) is 1. The van der Waals surface area contributed by atoms with E-state index in [9.17, 15) is 23.8 Å². The molecule has 3 aromatic carbocycles. The number of aliphatic hydroxyl groups excluding tert-OH is 1. The third-order valence-electron chi connectivity index (χ3n) is 6.80. The van der Waals surface area contributed by atoms with Gasteiger partial charge in [-0.1, -0.05) is 59.4 Å². The summed E-state index contributed by atoms with van der Waals surface area (Å²) >= 11 is 0. The lowest BCUT2D eigenvalue weighted by atomic mass is 9.84. The van der Waals surface area contributed by atoms with Crippen molar-refractivity contribution in [3.8, 4) is 0 Å². The van der Waals surface area contributed by atoms with Gasteiger partial charge in [0.2, 0.25) is 0 Å². The Labute approximate surface area is 212 Å². The number of nitrogens with zero attached hydrogens (tertiary/aromatic N) is 4. The van der Waals surface area contributed by atoms with Crippen molar-refractivity contribution in [3.05, 3.63) is 119 Å². The van der Waals surface area contributed by atoms with E-state index in [4.69, 9.17) is 0 Å². The van der Waals surface area contributed by atoms with Gasteiger partial charge >= 0.3 is 6.03 Å². The summed E-state index contributed by atoms with van der Waals surface area (Å²) in [6.07, 6.45) is 2.40. The second-order valence-corrected chi connectivity index (χ2v) is 9.25. The molecule has 190 valence electrons. The summed E-state index contributed by atoms with van der Waals surface area (Å²) in [5.41, 5.74) is -0.301. The minimum Gasteiger partial charge on any atom is -0.391 e. The van der Waals surface area contributed by atoms with Crippen LogP contribution in [0.15, 0.2) is 85.1 Å². The molecule has 2 N–H and O–H groups in total. The molecule has 5 rings (SSSR count). The van der Waals surface area contributed by atoms with Crippen molar-refractivity contribution in [2.45, 2.75) is 37.0 Å². The normalized spacial score (nSPS) is 18.1. The van der Waals surface area contributed by atoms with Gasteiger partial charge in [0.15, 0.2) is 5.60 Å². The summed E-state index contributed by atoms with van der Waals surface area (Å²) in [7, 11) is 0. The Bertz CT molecular complexity index is 1310. The number of β-amino-alcohol motifs (C(OH)–C–C–N with tert-alkyl or cyclic N) is 1. The summed E-state index contributed by atoms with van der Waals surface area (Å²) in [5.74, 6) is -0.977. The Morgan fingerprint density at radius 3 is 2.11 bits per heavy atom. The van der Waals surface area contributed by atoms with Gasteiger partial charge in [-0.05, 0) is 60.2 Å². The smallest absolute Gasteiger partial charge is 0.362 e. The molecule has 2 heterocycles.